The van der Waals surface area contributed by atoms with E-state index in [0.717, 1.165) is 31.9 Å². The zero-order chi connectivity index (χ0) is 13.8. The second-order valence-electron chi connectivity index (χ2n) is 5.59. The van der Waals surface area contributed by atoms with Gasteiger partial charge in [-0.2, -0.15) is 0 Å². The Labute approximate surface area is 114 Å². The van der Waals surface area contributed by atoms with Crippen LogP contribution in [0.4, 0.5) is 10.1 Å². The van der Waals surface area contributed by atoms with Gasteiger partial charge in [0.25, 0.3) is 0 Å². The molecule has 2 rings (SSSR count). The third-order valence-corrected chi connectivity index (χ3v) is 3.53. The lowest BCUT2D eigenvalue weighted by atomic mass is 10.0. The molecule has 1 fully saturated rings. The predicted octanol–water partition coefficient (Wildman–Crippen LogP) is 2.52. The number of halogens is 1. The van der Waals surface area contributed by atoms with E-state index in [9.17, 15) is 4.39 Å². The van der Waals surface area contributed by atoms with Crippen LogP contribution in [0.25, 0.3) is 0 Å². The van der Waals surface area contributed by atoms with Crippen LogP contribution in [0.3, 0.4) is 0 Å². The molecule has 1 aromatic carbocycles. The van der Waals surface area contributed by atoms with E-state index in [2.05, 4.69) is 24.1 Å². The van der Waals surface area contributed by atoms with Gasteiger partial charge in [0.1, 0.15) is 11.6 Å². The summed E-state index contributed by atoms with van der Waals surface area (Å²) >= 11 is 0. The molecule has 0 saturated carbocycles. The Bertz CT molecular complexity index is 413. The van der Waals surface area contributed by atoms with Crippen molar-refractivity contribution in [1.29, 1.82) is 0 Å². The molecule has 1 aliphatic rings. The summed E-state index contributed by atoms with van der Waals surface area (Å²) in [4.78, 5) is 2.31. The summed E-state index contributed by atoms with van der Waals surface area (Å²) < 4.78 is 18.6. The second-order valence-corrected chi connectivity index (χ2v) is 5.59. The summed E-state index contributed by atoms with van der Waals surface area (Å²) in [5.74, 6) is 1.48. The molecule has 1 aromatic rings. The van der Waals surface area contributed by atoms with Crippen molar-refractivity contribution in [1.82, 2.24) is 5.32 Å². The predicted molar refractivity (Wildman–Crippen MR) is 76.4 cm³/mol. The van der Waals surface area contributed by atoms with Crippen LogP contribution < -0.4 is 15.0 Å². The first-order valence-corrected chi connectivity index (χ1v) is 6.89. The van der Waals surface area contributed by atoms with Crippen molar-refractivity contribution in [3.8, 4) is 5.75 Å². The van der Waals surface area contributed by atoms with Crippen molar-refractivity contribution in [2.45, 2.75) is 13.8 Å². The highest BCUT2D eigenvalue weighted by atomic mass is 19.1. The molecule has 0 spiro atoms. The molecule has 0 amide bonds. The highest BCUT2D eigenvalue weighted by Crippen LogP contribution is 2.30. The molecule has 106 valence electrons. The fraction of sp³-hybridized carbons (Fsp3) is 0.600. The van der Waals surface area contributed by atoms with Crippen molar-refractivity contribution >= 4 is 5.69 Å². The highest BCUT2D eigenvalue weighted by molar-refractivity contribution is 5.58. The molecule has 19 heavy (non-hydrogen) atoms. The fourth-order valence-electron chi connectivity index (χ4n) is 2.64. The molecule has 2 unspecified atom stereocenters. The van der Waals surface area contributed by atoms with Gasteiger partial charge in [-0.3, -0.25) is 0 Å². The Hall–Kier alpha value is -1.29. The van der Waals surface area contributed by atoms with Gasteiger partial charge in [0, 0.05) is 19.2 Å². The van der Waals surface area contributed by atoms with Gasteiger partial charge in [0.05, 0.1) is 12.8 Å². The number of hydrogen-bond donors (Lipinski definition) is 1. The number of anilines is 1. The maximum absolute atomic E-state index is 13.3. The molecule has 1 aliphatic heterocycles. The lowest BCUT2D eigenvalue weighted by Crippen LogP contribution is -2.42. The van der Waals surface area contributed by atoms with Gasteiger partial charge in [-0.1, -0.05) is 13.8 Å². The molecule has 1 heterocycles. The number of rotatable bonds is 2. The summed E-state index contributed by atoms with van der Waals surface area (Å²) in [5, 5.41) is 3.48. The maximum atomic E-state index is 13.3. The number of nitrogens with one attached hydrogen (secondary N) is 1. The molecule has 0 aromatic heterocycles. The minimum Gasteiger partial charge on any atom is -0.494 e. The third kappa shape index (κ3) is 3.60. The van der Waals surface area contributed by atoms with E-state index in [1.54, 1.807) is 7.11 Å². The zero-order valence-corrected chi connectivity index (χ0v) is 11.9. The lowest BCUT2D eigenvalue weighted by Gasteiger charge is -2.34. The molecule has 3 nitrogen and oxygen atoms in total. The Morgan fingerprint density at radius 2 is 1.84 bits per heavy atom. The first-order valence-electron chi connectivity index (χ1n) is 6.89. The number of methoxy groups -OCH3 is 1. The number of hydrogen-bond acceptors (Lipinski definition) is 3. The molecule has 4 heteroatoms. The summed E-state index contributed by atoms with van der Waals surface area (Å²) in [6.07, 6.45) is 0. The van der Waals surface area contributed by atoms with E-state index < -0.39 is 0 Å². The summed E-state index contributed by atoms with van der Waals surface area (Å²) in [6, 6.07) is 4.79. The lowest BCUT2D eigenvalue weighted by molar-refractivity contribution is 0.392. The smallest absolute Gasteiger partial charge is 0.145 e. The van der Waals surface area contributed by atoms with E-state index >= 15 is 0 Å². The molecule has 1 N–H and O–H groups in total. The first kappa shape index (κ1) is 14.1. The molecule has 2 atom stereocenters. The fourth-order valence-corrected chi connectivity index (χ4v) is 2.64. The average Bonchev–Trinajstić information content (AvgIpc) is 2.35. The molecule has 0 radical (unpaired) electrons. The number of nitrogens with zero attached hydrogens (tertiary/aromatic N) is 1. The largest absolute Gasteiger partial charge is 0.494 e. The van der Waals surface area contributed by atoms with Crippen molar-refractivity contribution in [2.24, 2.45) is 11.8 Å². The normalized spacial score (nSPS) is 24.7. The van der Waals surface area contributed by atoms with Gasteiger partial charge in [0.2, 0.25) is 0 Å². The first-order chi connectivity index (χ1) is 9.10. The molecular weight excluding hydrogens is 243 g/mol. The van der Waals surface area contributed by atoms with E-state index in [1.165, 1.54) is 12.1 Å². The highest BCUT2D eigenvalue weighted by Gasteiger charge is 2.20. The van der Waals surface area contributed by atoms with Gasteiger partial charge in [0.15, 0.2) is 0 Å². The van der Waals surface area contributed by atoms with Gasteiger partial charge in [-0.05, 0) is 37.1 Å². The van der Waals surface area contributed by atoms with Crippen LogP contribution in [0, 0.1) is 17.7 Å². The topological polar surface area (TPSA) is 24.5 Å². The number of benzene rings is 1. The minimum absolute atomic E-state index is 0.254. The summed E-state index contributed by atoms with van der Waals surface area (Å²) in [6.45, 7) is 8.41. The van der Waals surface area contributed by atoms with Crippen LogP contribution in [0.5, 0.6) is 5.75 Å². The van der Waals surface area contributed by atoms with Crippen molar-refractivity contribution in [3.05, 3.63) is 24.0 Å². The van der Waals surface area contributed by atoms with Crippen LogP contribution in [-0.4, -0.2) is 33.3 Å². The Balaban J connectivity index is 2.26. The SMILES string of the molecule is COc1cc(F)ccc1N1CC(C)CNCC(C)C1. The standard InChI is InChI=1S/C15H23FN2O/c1-11-7-17-8-12(2)10-18(9-11)14-5-4-13(16)6-15(14)19-3/h4-6,11-12,17H,7-10H2,1-3H3. The van der Waals surface area contributed by atoms with Crippen LogP contribution in [-0.2, 0) is 0 Å². The molecule has 0 aliphatic carbocycles. The summed E-state index contributed by atoms with van der Waals surface area (Å²) in [7, 11) is 1.59. The zero-order valence-electron chi connectivity index (χ0n) is 11.9. The van der Waals surface area contributed by atoms with Gasteiger partial charge in [-0.15, -0.1) is 0 Å². The Kier molecular flexibility index (Phi) is 4.64. The van der Waals surface area contributed by atoms with E-state index in [1.807, 2.05) is 6.07 Å². The van der Waals surface area contributed by atoms with Gasteiger partial charge in [-0.25, -0.2) is 4.39 Å². The van der Waals surface area contributed by atoms with Crippen molar-refractivity contribution in [2.75, 3.05) is 38.2 Å². The van der Waals surface area contributed by atoms with Crippen LogP contribution >= 0.6 is 0 Å². The second kappa shape index (κ2) is 6.24. The van der Waals surface area contributed by atoms with Crippen molar-refractivity contribution < 1.29 is 9.13 Å². The van der Waals surface area contributed by atoms with E-state index in [4.69, 9.17) is 4.74 Å². The van der Waals surface area contributed by atoms with Crippen LogP contribution in [0.15, 0.2) is 18.2 Å². The maximum Gasteiger partial charge on any atom is 0.145 e. The molecular formula is C15H23FN2O. The monoisotopic (exact) mass is 266 g/mol. The van der Waals surface area contributed by atoms with E-state index in [-0.39, 0.29) is 5.82 Å². The summed E-state index contributed by atoms with van der Waals surface area (Å²) in [5.41, 5.74) is 0.990. The third-order valence-electron chi connectivity index (χ3n) is 3.53. The van der Waals surface area contributed by atoms with Crippen molar-refractivity contribution in [3.63, 3.8) is 0 Å². The van der Waals surface area contributed by atoms with Gasteiger partial charge < -0.3 is 15.0 Å². The minimum atomic E-state index is -0.254. The average molecular weight is 266 g/mol. The number of ether oxygens (including phenoxy) is 1. The molecule has 0 bridgehead atoms. The molecule has 1 saturated heterocycles. The van der Waals surface area contributed by atoms with Crippen LogP contribution in [0.2, 0.25) is 0 Å². The quantitative estimate of drug-likeness (QED) is 0.890. The van der Waals surface area contributed by atoms with E-state index in [0.29, 0.717) is 17.6 Å². The van der Waals surface area contributed by atoms with Gasteiger partial charge >= 0.3 is 0 Å². The Morgan fingerprint density at radius 1 is 1.21 bits per heavy atom. The van der Waals surface area contributed by atoms with Crippen LogP contribution in [0.1, 0.15) is 13.8 Å². The Morgan fingerprint density at radius 3 is 2.42 bits per heavy atom.